The van der Waals surface area contributed by atoms with Crippen molar-refractivity contribution in [1.82, 2.24) is 0 Å². The summed E-state index contributed by atoms with van der Waals surface area (Å²) in [6.07, 6.45) is -0.375. The summed E-state index contributed by atoms with van der Waals surface area (Å²) in [4.78, 5) is 0. The summed E-state index contributed by atoms with van der Waals surface area (Å²) in [6, 6.07) is 0. The third-order valence-electron chi connectivity index (χ3n) is 0.0772. The van der Waals surface area contributed by atoms with Crippen LogP contribution in [0.4, 0.5) is 4.39 Å². The molecular formula is CH5BBiFP. The SMILES string of the molecule is [B]PCF.[BiH2]. The molecule has 5 heavy (non-hydrogen) atoms. The second kappa shape index (κ2) is 9.00. The van der Waals surface area contributed by atoms with Crippen molar-refractivity contribution in [1.29, 1.82) is 0 Å². The molecule has 1 unspecified atom stereocenters. The van der Waals surface area contributed by atoms with E-state index in [1.807, 2.05) is 0 Å². The normalized spacial score (nSPS) is 8.20. The van der Waals surface area contributed by atoms with Crippen molar-refractivity contribution in [2.75, 3.05) is 6.42 Å². The molecule has 1 atom stereocenters. The van der Waals surface area contributed by atoms with E-state index in [9.17, 15) is 4.39 Å². The zero-order valence-electron chi connectivity index (χ0n) is 2.74. The minimum absolute atomic E-state index is 0. The van der Waals surface area contributed by atoms with Crippen molar-refractivity contribution in [3.63, 3.8) is 0 Å². The van der Waals surface area contributed by atoms with Gasteiger partial charge in [-0.3, -0.25) is 0 Å². The van der Waals surface area contributed by atoms with E-state index in [1.54, 1.807) is 0 Å². The van der Waals surface area contributed by atoms with Gasteiger partial charge in [-0.25, -0.2) is 4.39 Å². The Morgan fingerprint density at radius 2 is 2.00 bits per heavy atom. The van der Waals surface area contributed by atoms with Gasteiger partial charge >= 0.3 is 26.2 Å². The van der Waals surface area contributed by atoms with Crippen molar-refractivity contribution in [2.24, 2.45) is 0 Å². The Morgan fingerprint density at radius 1 is 1.80 bits per heavy atom. The second-order valence-corrected chi connectivity index (χ2v) is 1.01. The molecule has 29 valence electrons. The Bertz CT molecular complexity index is 13.6. The van der Waals surface area contributed by atoms with Gasteiger partial charge in [0.15, 0.2) is 0 Å². The summed E-state index contributed by atoms with van der Waals surface area (Å²) < 4.78 is 10.6. The summed E-state index contributed by atoms with van der Waals surface area (Å²) in [7, 11) is 4.65. The Balaban J connectivity index is 0. The van der Waals surface area contributed by atoms with E-state index in [1.165, 1.54) is 0 Å². The first-order chi connectivity index (χ1) is 1.91. The molecule has 0 saturated heterocycles. The van der Waals surface area contributed by atoms with Gasteiger partial charge < -0.3 is 0 Å². The van der Waals surface area contributed by atoms with Crippen LogP contribution >= 0.6 is 8.46 Å². The van der Waals surface area contributed by atoms with E-state index < -0.39 is 0 Å². The molecule has 3 radical (unpaired) electrons. The van der Waals surface area contributed by atoms with Crippen molar-refractivity contribution in [2.45, 2.75) is 0 Å². The van der Waals surface area contributed by atoms with E-state index in [4.69, 9.17) is 0 Å². The standard InChI is InChI=1S/CH3BFP.Bi.2H/c2-4-1-3;;;/h4H,1H2;;;. The van der Waals surface area contributed by atoms with Gasteiger partial charge in [0.25, 0.3) is 0 Å². The van der Waals surface area contributed by atoms with Crippen LogP contribution in [-0.2, 0) is 0 Å². The average Bonchev–Trinajstić information content (AvgIpc) is 1.37. The van der Waals surface area contributed by atoms with Crippen molar-refractivity contribution < 1.29 is 4.39 Å². The van der Waals surface area contributed by atoms with Crippen LogP contribution < -0.4 is 0 Å². The first kappa shape index (κ1) is 9.58. The van der Waals surface area contributed by atoms with Crippen LogP contribution in [0.15, 0.2) is 0 Å². The van der Waals surface area contributed by atoms with Crippen LogP contribution in [0.1, 0.15) is 0 Å². The molecule has 0 N–H and O–H groups in total. The molecule has 0 spiro atoms. The Hall–Kier alpha value is 1.31. The van der Waals surface area contributed by atoms with Gasteiger partial charge in [-0.15, -0.1) is 8.46 Å². The molecule has 0 saturated carbocycles. The molecule has 0 aliphatic rings. The maximum absolute atomic E-state index is 10.6. The Kier molecular flexibility index (Phi) is 17.2. The molecule has 0 heterocycles. The van der Waals surface area contributed by atoms with E-state index in [0.29, 0.717) is 0 Å². The molecule has 0 bridgehead atoms. The van der Waals surface area contributed by atoms with Crippen molar-refractivity contribution >= 4 is 42.2 Å². The van der Waals surface area contributed by atoms with Crippen LogP contribution in [0.2, 0.25) is 0 Å². The predicted molar refractivity (Wildman–Crippen MR) is 28.6 cm³/mol. The van der Waals surface area contributed by atoms with Crippen LogP contribution in [0.3, 0.4) is 0 Å². The second-order valence-electron chi connectivity index (χ2n) is 0.338. The zero-order chi connectivity index (χ0) is 3.41. The van der Waals surface area contributed by atoms with Gasteiger partial charge in [-0.05, 0) is 0 Å². The molecule has 0 aromatic carbocycles. The number of hydrogen-bond donors (Lipinski definition) is 0. The molecule has 0 nitrogen and oxygen atoms in total. The number of hydrogen-bond acceptors (Lipinski definition) is 0. The molecule has 4 heteroatoms. The monoisotopic (exact) mass is 287 g/mol. The van der Waals surface area contributed by atoms with Gasteiger partial charge in [0.2, 0.25) is 0 Å². The molecule has 0 aromatic heterocycles. The number of halogens is 1. The van der Waals surface area contributed by atoms with E-state index in [-0.39, 0.29) is 41.1 Å². The van der Waals surface area contributed by atoms with Crippen LogP contribution in [-0.4, -0.2) is 40.2 Å². The summed E-state index contributed by atoms with van der Waals surface area (Å²) in [5.41, 5.74) is 0. The molecule has 0 aliphatic carbocycles. The first-order valence-corrected chi connectivity index (χ1v) is 2.19. The molecule has 0 amide bonds. The van der Waals surface area contributed by atoms with Gasteiger partial charge in [0, 0.05) is 0 Å². The zero-order valence-corrected chi connectivity index (χ0v) is 8.23. The molecule has 0 aliphatic heterocycles. The molecule has 0 aromatic rings. The fourth-order valence-corrected chi connectivity index (χ4v) is 0. The summed E-state index contributed by atoms with van der Waals surface area (Å²) in [5.74, 6) is 0. The third kappa shape index (κ3) is 10.9. The molecular weight excluding hydrogens is 282 g/mol. The Morgan fingerprint density at radius 3 is 2.00 bits per heavy atom. The van der Waals surface area contributed by atoms with Crippen molar-refractivity contribution in [3.8, 4) is 0 Å². The van der Waals surface area contributed by atoms with Crippen LogP contribution in [0, 0.1) is 0 Å². The molecule has 0 rings (SSSR count). The quantitative estimate of drug-likeness (QED) is 0.461. The maximum atomic E-state index is 10.6. The summed E-state index contributed by atoms with van der Waals surface area (Å²) >= 11 is 0. The minimum atomic E-state index is -0.375. The molecule has 0 fully saturated rings. The van der Waals surface area contributed by atoms with Gasteiger partial charge in [-0.1, -0.05) is 0 Å². The van der Waals surface area contributed by atoms with Gasteiger partial charge in [0.1, 0.15) is 7.57 Å². The average molecular weight is 287 g/mol. The first-order valence-electron chi connectivity index (χ1n) is 0.909. The summed E-state index contributed by atoms with van der Waals surface area (Å²) in [6.45, 7) is 0. The fraction of sp³-hybridized carbons (Fsp3) is 1.00. The van der Waals surface area contributed by atoms with E-state index in [0.717, 1.165) is 0 Å². The van der Waals surface area contributed by atoms with E-state index in [2.05, 4.69) is 7.57 Å². The van der Waals surface area contributed by atoms with Crippen molar-refractivity contribution in [3.05, 3.63) is 0 Å². The van der Waals surface area contributed by atoms with E-state index >= 15 is 0 Å². The van der Waals surface area contributed by atoms with Crippen LogP contribution in [0.5, 0.6) is 0 Å². The van der Waals surface area contributed by atoms with Gasteiger partial charge in [-0.2, -0.15) is 0 Å². The van der Waals surface area contributed by atoms with Crippen LogP contribution in [0.25, 0.3) is 0 Å². The predicted octanol–water partition coefficient (Wildman–Crippen LogP) is -0.241. The Labute approximate surface area is 53.2 Å². The summed E-state index contributed by atoms with van der Waals surface area (Å²) in [5, 5.41) is 0. The topological polar surface area (TPSA) is 0 Å². The number of alkyl halides is 1. The number of rotatable bonds is 1. The third-order valence-corrected chi connectivity index (χ3v) is 0.231. The fourth-order valence-electron chi connectivity index (χ4n) is 0. The van der Waals surface area contributed by atoms with Gasteiger partial charge in [0.05, 0.1) is 6.42 Å².